The summed E-state index contributed by atoms with van der Waals surface area (Å²) in [5.41, 5.74) is 1.90. The summed E-state index contributed by atoms with van der Waals surface area (Å²) >= 11 is 1.72. The first-order chi connectivity index (χ1) is 13.0. The van der Waals surface area contributed by atoms with Crippen LogP contribution in [0, 0.1) is 11.6 Å². The van der Waals surface area contributed by atoms with Crippen LogP contribution in [-0.4, -0.2) is 54.0 Å². The van der Waals surface area contributed by atoms with Crippen LogP contribution in [0.1, 0.15) is 26.3 Å². The Balaban J connectivity index is 1.60. The Bertz CT molecular complexity index is 834. The van der Waals surface area contributed by atoms with E-state index in [1.807, 2.05) is 30.5 Å². The van der Waals surface area contributed by atoms with Gasteiger partial charge in [-0.05, 0) is 42.2 Å². The van der Waals surface area contributed by atoms with E-state index < -0.39 is 11.6 Å². The van der Waals surface area contributed by atoms with Gasteiger partial charge in [0, 0.05) is 43.1 Å². The lowest BCUT2D eigenvalue weighted by molar-refractivity contribution is 0.0535. The van der Waals surface area contributed by atoms with Gasteiger partial charge in [0.2, 0.25) is 0 Å². The van der Waals surface area contributed by atoms with E-state index in [9.17, 15) is 18.4 Å². The van der Waals surface area contributed by atoms with Gasteiger partial charge in [0.05, 0.1) is 0 Å². The first-order valence-electron chi connectivity index (χ1n) is 8.61. The number of hydrogen-bond donors (Lipinski definition) is 0. The number of halogens is 2. The number of nitrogens with zero attached hydrogens (tertiary/aromatic N) is 2. The number of piperazine rings is 1. The molecule has 0 aromatic heterocycles. The minimum atomic E-state index is -1.04. The van der Waals surface area contributed by atoms with Crippen LogP contribution in [0.3, 0.4) is 0 Å². The molecular weight excluding hydrogens is 370 g/mol. The van der Waals surface area contributed by atoms with Gasteiger partial charge < -0.3 is 9.80 Å². The molecule has 142 valence electrons. The third-order valence-electron chi connectivity index (χ3n) is 4.53. The van der Waals surface area contributed by atoms with Gasteiger partial charge in [-0.1, -0.05) is 12.1 Å². The normalized spacial score (nSPS) is 14.3. The topological polar surface area (TPSA) is 40.6 Å². The fourth-order valence-corrected chi connectivity index (χ4v) is 3.54. The van der Waals surface area contributed by atoms with Crippen molar-refractivity contribution in [2.45, 2.75) is 5.75 Å². The van der Waals surface area contributed by atoms with Crippen molar-refractivity contribution in [1.29, 1.82) is 0 Å². The van der Waals surface area contributed by atoms with E-state index in [0.29, 0.717) is 31.7 Å². The molecule has 0 saturated carbocycles. The maximum atomic E-state index is 13.3. The second-order valence-corrected chi connectivity index (χ2v) is 7.21. The summed E-state index contributed by atoms with van der Waals surface area (Å²) in [6, 6.07) is 10.7. The average molecular weight is 390 g/mol. The van der Waals surface area contributed by atoms with Gasteiger partial charge in [-0.25, -0.2) is 8.78 Å². The third-order valence-corrected chi connectivity index (χ3v) is 5.15. The molecule has 0 bridgehead atoms. The molecule has 0 spiro atoms. The molecule has 2 amide bonds. The summed E-state index contributed by atoms with van der Waals surface area (Å²) in [4.78, 5) is 28.3. The highest BCUT2D eigenvalue weighted by Gasteiger charge is 2.26. The summed E-state index contributed by atoms with van der Waals surface area (Å²) < 4.78 is 26.4. The van der Waals surface area contributed by atoms with E-state index in [4.69, 9.17) is 0 Å². The van der Waals surface area contributed by atoms with Gasteiger partial charge in [0.25, 0.3) is 11.8 Å². The van der Waals surface area contributed by atoms with Crippen molar-refractivity contribution in [2.75, 3.05) is 32.4 Å². The molecule has 1 saturated heterocycles. The molecule has 3 rings (SSSR count). The second-order valence-electron chi connectivity index (χ2n) is 6.34. The Kier molecular flexibility index (Phi) is 6.11. The number of thioether (sulfide) groups is 1. The first kappa shape index (κ1) is 19.4. The average Bonchev–Trinajstić information content (AvgIpc) is 2.70. The van der Waals surface area contributed by atoms with Crippen LogP contribution in [0.25, 0.3) is 0 Å². The zero-order valence-electron chi connectivity index (χ0n) is 15.0. The van der Waals surface area contributed by atoms with Crippen LogP contribution in [0.2, 0.25) is 0 Å². The largest absolute Gasteiger partial charge is 0.335 e. The number of hydrogen-bond acceptors (Lipinski definition) is 3. The third kappa shape index (κ3) is 4.47. The predicted molar refractivity (Wildman–Crippen MR) is 102 cm³/mol. The Labute approximate surface area is 161 Å². The zero-order chi connectivity index (χ0) is 19.4. The van der Waals surface area contributed by atoms with Gasteiger partial charge in [-0.2, -0.15) is 11.8 Å². The summed E-state index contributed by atoms with van der Waals surface area (Å²) in [6.07, 6.45) is 2.03. The van der Waals surface area contributed by atoms with E-state index in [-0.39, 0.29) is 17.4 Å². The quantitative estimate of drug-likeness (QED) is 0.803. The van der Waals surface area contributed by atoms with Gasteiger partial charge >= 0.3 is 0 Å². The Hall–Kier alpha value is -2.41. The Morgan fingerprint density at radius 1 is 0.852 bits per heavy atom. The maximum absolute atomic E-state index is 13.3. The molecule has 2 aromatic rings. The van der Waals surface area contributed by atoms with E-state index in [1.165, 1.54) is 11.6 Å². The van der Waals surface area contributed by atoms with Crippen LogP contribution >= 0.6 is 11.8 Å². The Morgan fingerprint density at radius 2 is 1.37 bits per heavy atom. The van der Waals surface area contributed by atoms with Crippen molar-refractivity contribution < 1.29 is 18.4 Å². The molecule has 0 aliphatic carbocycles. The number of rotatable bonds is 4. The van der Waals surface area contributed by atoms with Gasteiger partial charge in [-0.3, -0.25) is 9.59 Å². The molecule has 7 heteroatoms. The lowest BCUT2D eigenvalue weighted by Crippen LogP contribution is -2.50. The molecule has 2 aromatic carbocycles. The van der Waals surface area contributed by atoms with Crippen molar-refractivity contribution in [3.8, 4) is 0 Å². The number of carbonyl (C=O) groups is 2. The van der Waals surface area contributed by atoms with Crippen molar-refractivity contribution in [3.05, 3.63) is 70.8 Å². The smallest absolute Gasteiger partial charge is 0.254 e. The van der Waals surface area contributed by atoms with Gasteiger partial charge in [-0.15, -0.1) is 0 Å². The van der Waals surface area contributed by atoms with E-state index in [0.717, 1.165) is 17.9 Å². The van der Waals surface area contributed by atoms with Crippen LogP contribution in [-0.2, 0) is 5.75 Å². The highest BCUT2D eigenvalue weighted by molar-refractivity contribution is 7.97. The SMILES string of the molecule is CSCc1ccc(C(=O)N2CCN(C(=O)c3ccc(F)c(F)c3)CC2)cc1. The van der Waals surface area contributed by atoms with Crippen molar-refractivity contribution in [2.24, 2.45) is 0 Å². The van der Waals surface area contributed by atoms with Gasteiger partial charge in [0.15, 0.2) is 11.6 Å². The molecule has 1 fully saturated rings. The second kappa shape index (κ2) is 8.52. The van der Waals surface area contributed by atoms with E-state index in [2.05, 4.69) is 0 Å². The fourth-order valence-electron chi connectivity index (χ4n) is 3.02. The highest BCUT2D eigenvalue weighted by atomic mass is 32.2. The monoisotopic (exact) mass is 390 g/mol. The minimum Gasteiger partial charge on any atom is -0.335 e. The fraction of sp³-hybridized carbons (Fsp3) is 0.300. The highest BCUT2D eigenvalue weighted by Crippen LogP contribution is 2.16. The predicted octanol–water partition coefficient (Wildman–Crippen LogP) is 3.43. The molecule has 0 unspecified atom stereocenters. The molecule has 1 heterocycles. The standard InChI is InChI=1S/C20H20F2N2O2S/c1-27-13-14-2-4-15(5-3-14)19(25)23-8-10-24(11-9-23)20(26)16-6-7-17(21)18(22)12-16/h2-7,12H,8-11,13H2,1H3. The van der Waals surface area contributed by atoms with Crippen LogP contribution < -0.4 is 0 Å². The molecular formula is C20H20F2N2O2S. The summed E-state index contributed by atoms with van der Waals surface area (Å²) in [5, 5.41) is 0. The van der Waals surface area contributed by atoms with E-state index >= 15 is 0 Å². The summed E-state index contributed by atoms with van der Waals surface area (Å²) in [6.45, 7) is 1.52. The number of benzene rings is 2. The number of carbonyl (C=O) groups excluding carboxylic acids is 2. The van der Waals surface area contributed by atoms with Crippen LogP contribution in [0.5, 0.6) is 0 Å². The van der Waals surface area contributed by atoms with Crippen molar-refractivity contribution in [3.63, 3.8) is 0 Å². The molecule has 27 heavy (non-hydrogen) atoms. The molecule has 1 aliphatic rings. The van der Waals surface area contributed by atoms with Gasteiger partial charge in [0.1, 0.15) is 0 Å². The molecule has 0 radical (unpaired) electrons. The maximum Gasteiger partial charge on any atom is 0.254 e. The molecule has 0 N–H and O–H groups in total. The van der Waals surface area contributed by atoms with Crippen LogP contribution in [0.4, 0.5) is 8.78 Å². The molecule has 0 atom stereocenters. The zero-order valence-corrected chi connectivity index (χ0v) is 15.8. The lowest BCUT2D eigenvalue weighted by atomic mass is 10.1. The molecule has 1 aliphatic heterocycles. The van der Waals surface area contributed by atoms with Crippen LogP contribution in [0.15, 0.2) is 42.5 Å². The summed E-state index contributed by atoms with van der Waals surface area (Å²) in [5.74, 6) is -1.54. The van der Waals surface area contributed by atoms with Crippen molar-refractivity contribution >= 4 is 23.6 Å². The summed E-state index contributed by atoms with van der Waals surface area (Å²) in [7, 11) is 0. The Morgan fingerprint density at radius 3 is 1.89 bits per heavy atom. The van der Waals surface area contributed by atoms with Crippen molar-refractivity contribution in [1.82, 2.24) is 9.80 Å². The minimum absolute atomic E-state index is 0.0642. The van der Waals surface area contributed by atoms with E-state index in [1.54, 1.807) is 21.6 Å². The molecule has 4 nitrogen and oxygen atoms in total. The number of amides is 2. The lowest BCUT2D eigenvalue weighted by Gasteiger charge is -2.35. The first-order valence-corrected chi connectivity index (χ1v) is 10.0.